The van der Waals surface area contributed by atoms with E-state index in [-0.39, 0.29) is 28.6 Å². The van der Waals surface area contributed by atoms with Crippen molar-refractivity contribution in [1.29, 1.82) is 5.26 Å². The van der Waals surface area contributed by atoms with E-state index in [1.165, 1.54) is 30.3 Å². The molecule has 3 rings (SSSR count). The SMILES string of the molecule is CN(CC1CC1)c1cc(NC(=O)O)c(NC(=O)CC(=O)c2ccnc(C#N)c2)cc1C(F)(F)F. The van der Waals surface area contributed by atoms with E-state index >= 15 is 0 Å². The van der Waals surface area contributed by atoms with Crippen molar-refractivity contribution in [3.8, 4) is 6.07 Å². The first-order chi connectivity index (χ1) is 16.0. The van der Waals surface area contributed by atoms with Crippen molar-refractivity contribution in [3.05, 3.63) is 47.3 Å². The Hall–Kier alpha value is -4.14. The van der Waals surface area contributed by atoms with Crippen molar-refractivity contribution in [1.82, 2.24) is 4.98 Å². The third kappa shape index (κ3) is 6.22. The predicted molar refractivity (Wildman–Crippen MR) is 116 cm³/mol. The number of nitrogens with zero attached hydrogens (tertiary/aromatic N) is 3. The molecule has 1 saturated carbocycles. The zero-order valence-corrected chi connectivity index (χ0v) is 17.9. The number of halogens is 3. The van der Waals surface area contributed by atoms with E-state index in [9.17, 15) is 27.6 Å². The van der Waals surface area contributed by atoms with Crippen LogP contribution in [-0.2, 0) is 11.0 Å². The standard InChI is InChI=1S/C22H20F3N5O4/c1-30(11-12-2-3-12)18-8-17(29-21(33)34)16(7-15(18)22(23,24)25)28-20(32)9-19(31)13-4-5-27-14(6-13)10-26/h4-8,12,29H,2-3,9,11H2,1H3,(H,28,32)(H,33,34). The number of carbonyl (C=O) groups is 3. The van der Waals surface area contributed by atoms with Gasteiger partial charge in [0, 0.05) is 25.4 Å². The minimum Gasteiger partial charge on any atom is -0.465 e. The second-order valence-corrected chi connectivity index (χ2v) is 7.86. The van der Waals surface area contributed by atoms with Crippen LogP contribution >= 0.6 is 0 Å². The lowest BCUT2D eigenvalue weighted by molar-refractivity contribution is -0.137. The number of alkyl halides is 3. The summed E-state index contributed by atoms with van der Waals surface area (Å²) in [5, 5.41) is 22.2. The van der Waals surface area contributed by atoms with Gasteiger partial charge in [0.15, 0.2) is 5.78 Å². The lowest BCUT2D eigenvalue weighted by Gasteiger charge is -2.26. The molecule has 0 spiro atoms. The second-order valence-electron chi connectivity index (χ2n) is 7.86. The molecule has 12 heteroatoms. The van der Waals surface area contributed by atoms with Gasteiger partial charge in [0.1, 0.15) is 11.8 Å². The highest BCUT2D eigenvalue weighted by atomic mass is 19.4. The molecule has 1 aliphatic carbocycles. The van der Waals surface area contributed by atoms with Gasteiger partial charge in [-0.15, -0.1) is 0 Å². The second kappa shape index (κ2) is 9.78. The van der Waals surface area contributed by atoms with Crippen LogP contribution in [0.25, 0.3) is 0 Å². The van der Waals surface area contributed by atoms with Crippen molar-refractivity contribution in [3.63, 3.8) is 0 Å². The van der Waals surface area contributed by atoms with Gasteiger partial charge in [-0.25, -0.2) is 9.78 Å². The van der Waals surface area contributed by atoms with E-state index in [4.69, 9.17) is 10.4 Å². The number of aromatic nitrogens is 1. The number of Topliss-reactive ketones (excluding diaryl/α,β-unsaturated/α-hetero) is 1. The fourth-order valence-corrected chi connectivity index (χ4v) is 3.35. The van der Waals surface area contributed by atoms with Gasteiger partial charge in [0.2, 0.25) is 5.91 Å². The molecule has 1 heterocycles. The maximum Gasteiger partial charge on any atom is 0.418 e. The molecule has 0 unspecified atom stereocenters. The Morgan fingerprint density at radius 3 is 2.47 bits per heavy atom. The van der Waals surface area contributed by atoms with Crippen LogP contribution in [0, 0.1) is 17.2 Å². The minimum absolute atomic E-state index is 0.0265. The van der Waals surface area contributed by atoms with E-state index in [0.29, 0.717) is 12.6 Å². The van der Waals surface area contributed by atoms with Gasteiger partial charge in [-0.3, -0.25) is 14.9 Å². The Bertz CT molecular complexity index is 1170. The first-order valence-electron chi connectivity index (χ1n) is 10.1. The average Bonchev–Trinajstić information content (AvgIpc) is 3.57. The first-order valence-corrected chi connectivity index (χ1v) is 10.1. The zero-order valence-electron chi connectivity index (χ0n) is 17.9. The molecule has 1 aromatic carbocycles. The summed E-state index contributed by atoms with van der Waals surface area (Å²) in [6.07, 6.45) is -4.04. The highest BCUT2D eigenvalue weighted by Gasteiger charge is 2.37. The number of hydrogen-bond donors (Lipinski definition) is 3. The number of benzene rings is 1. The van der Waals surface area contributed by atoms with Gasteiger partial charge in [0.05, 0.1) is 29.0 Å². The summed E-state index contributed by atoms with van der Waals surface area (Å²) in [7, 11) is 1.48. The van der Waals surface area contributed by atoms with Crippen LogP contribution in [-0.4, -0.2) is 41.5 Å². The van der Waals surface area contributed by atoms with E-state index in [1.54, 1.807) is 6.07 Å². The Morgan fingerprint density at radius 2 is 1.88 bits per heavy atom. The van der Waals surface area contributed by atoms with Gasteiger partial charge in [-0.1, -0.05) is 0 Å². The van der Waals surface area contributed by atoms with Gasteiger partial charge < -0.3 is 15.3 Å². The fourth-order valence-electron chi connectivity index (χ4n) is 3.35. The number of rotatable bonds is 8. The summed E-state index contributed by atoms with van der Waals surface area (Å²) in [6.45, 7) is 0.367. The molecule has 1 aromatic heterocycles. The zero-order chi connectivity index (χ0) is 25.0. The molecule has 2 aromatic rings. The molecule has 0 bridgehead atoms. The molecule has 0 atom stereocenters. The van der Waals surface area contributed by atoms with Crippen molar-refractivity contribution < 1.29 is 32.7 Å². The van der Waals surface area contributed by atoms with Crippen LogP contribution in [0.15, 0.2) is 30.5 Å². The Morgan fingerprint density at radius 1 is 1.21 bits per heavy atom. The van der Waals surface area contributed by atoms with Crippen molar-refractivity contribution >= 4 is 34.8 Å². The van der Waals surface area contributed by atoms with E-state index < -0.39 is 41.6 Å². The highest BCUT2D eigenvalue weighted by molar-refractivity contribution is 6.12. The normalized spacial score (nSPS) is 13.0. The van der Waals surface area contributed by atoms with Crippen LogP contribution in [0.1, 0.15) is 40.9 Å². The largest absolute Gasteiger partial charge is 0.465 e. The van der Waals surface area contributed by atoms with Crippen molar-refractivity contribution in [2.24, 2.45) is 5.92 Å². The molecule has 3 N–H and O–H groups in total. The molecular formula is C22H20F3N5O4. The van der Waals surface area contributed by atoms with E-state index in [0.717, 1.165) is 18.9 Å². The predicted octanol–water partition coefficient (Wildman–Crippen LogP) is 4.12. The molecule has 178 valence electrons. The Balaban J connectivity index is 1.90. The number of nitriles is 1. The molecule has 0 radical (unpaired) electrons. The van der Waals surface area contributed by atoms with Crippen LogP contribution in [0.2, 0.25) is 0 Å². The van der Waals surface area contributed by atoms with Gasteiger partial charge >= 0.3 is 12.3 Å². The Kier molecular flexibility index (Phi) is 7.05. The summed E-state index contributed by atoms with van der Waals surface area (Å²) in [6, 6.07) is 5.88. The summed E-state index contributed by atoms with van der Waals surface area (Å²) in [5.74, 6) is -1.39. The number of carboxylic acid groups (broad SMARTS) is 1. The number of pyridine rings is 1. The maximum absolute atomic E-state index is 13.8. The van der Waals surface area contributed by atoms with E-state index in [1.807, 2.05) is 5.32 Å². The molecular weight excluding hydrogens is 455 g/mol. The van der Waals surface area contributed by atoms with Crippen LogP contribution in [0.4, 0.5) is 35.0 Å². The number of nitrogens with one attached hydrogen (secondary N) is 2. The first kappa shape index (κ1) is 24.5. The van der Waals surface area contributed by atoms with E-state index in [2.05, 4.69) is 10.3 Å². The summed E-state index contributed by atoms with van der Waals surface area (Å²) in [4.78, 5) is 41.2. The molecule has 1 fully saturated rings. The van der Waals surface area contributed by atoms with Crippen molar-refractivity contribution in [2.75, 3.05) is 29.1 Å². The minimum atomic E-state index is -4.78. The molecule has 2 amide bonds. The van der Waals surface area contributed by atoms with Gasteiger partial charge in [0.25, 0.3) is 0 Å². The monoisotopic (exact) mass is 475 g/mol. The lowest BCUT2D eigenvalue weighted by atomic mass is 10.1. The molecule has 1 aliphatic rings. The third-order valence-corrected chi connectivity index (χ3v) is 5.11. The smallest absolute Gasteiger partial charge is 0.418 e. The number of carbonyl (C=O) groups excluding carboxylic acids is 2. The van der Waals surface area contributed by atoms with Crippen molar-refractivity contribution in [2.45, 2.75) is 25.4 Å². The van der Waals surface area contributed by atoms with Crippen LogP contribution < -0.4 is 15.5 Å². The van der Waals surface area contributed by atoms with Crippen LogP contribution in [0.5, 0.6) is 0 Å². The molecule has 0 aliphatic heterocycles. The van der Waals surface area contributed by atoms with Crippen LogP contribution in [0.3, 0.4) is 0 Å². The average molecular weight is 475 g/mol. The number of hydrogen-bond acceptors (Lipinski definition) is 6. The number of ketones is 1. The summed E-state index contributed by atoms with van der Waals surface area (Å²) >= 11 is 0. The summed E-state index contributed by atoms with van der Waals surface area (Å²) < 4.78 is 41.4. The molecule has 9 nitrogen and oxygen atoms in total. The lowest BCUT2D eigenvalue weighted by Crippen LogP contribution is -2.25. The highest BCUT2D eigenvalue weighted by Crippen LogP contribution is 2.42. The number of amides is 2. The quantitative estimate of drug-likeness (QED) is 0.386. The number of anilines is 3. The Labute approximate surface area is 192 Å². The third-order valence-electron chi connectivity index (χ3n) is 5.11. The molecule has 0 saturated heterocycles. The summed E-state index contributed by atoms with van der Waals surface area (Å²) in [5.41, 5.74) is -2.02. The van der Waals surface area contributed by atoms with Gasteiger partial charge in [-0.05, 0) is 43.0 Å². The fraction of sp³-hybridized carbons (Fsp3) is 0.318. The van der Waals surface area contributed by atoms with Gasteiger partial charge in [-0.2, -0.15) is 18.4 Å². The maximum atomic E-state index is 13.8. The topological polar surface area (TPSA) is 135 Å². The molecule has 34 heavy (non-hydrogen) atoms.